The van der Waals surface area contributed by atoms with E-state index < -0.39 is 5.97 Å². The van der Waals surface area contributed by atoms with Gasteiger partial charge in [0.1, 0.15) is 0 Å². The summed E-state index contributed by atoms with van der Waals surface area (Å²) in [6.07, 6.45) is 0. The predicted octanol–water partition coefficient (Wildman–Crippen LogP) is 2.73. The van der Waals surface area contributed by atoms with Gasteiger partial charge in [-0.05, 0) is 29.8 Å². The summed E-state index contributed by atoms with van der Waals surface area (Å²) in [7, 11) is 0. The molecule has 2 aromatic carbocycles. The van der Waals surface area contributed by atoms with Crippen LogP contribution in [0.2, 0.25) is 5.02 Å². The van der Waals surface area contributed by atoms with Crippen LogP contribution in [-0.4, -0.2) is 20.6 Å². The van der Waals surface area contributed by atoms with Gasteiger partial charge in [-0.2, -0.15) is 0 Å². The minimum absolute atomic E-state index is 0.134. The first kappa shape index (κ1) is 13.5. The fourth-order valence-electron chi connectivity index (χ4n) is 2.24. The molecule has 0 unspecified atom stereocenters. The first-order valence-electron chi connectivity index (χ1n) is 6.25. The molecule has 0 bridgehead atoms. The van der Waals surface area contributed by atoms with Gasteiger partial charge in [0.25, 0.3) is 0 Å². The Morgan fingerprint density at radius 3 is 2.71 bits per heavy atom. The van der Waals surface area contributed by atoms with Crippen molar-refractivity contribution in [1.29, 1.82) is 0 Å². The lowest BCUT2D eigenvalue weighted by Crippen LogP contribution is -2.17. The van der Waals surface area contributed by atoms with Gasteiger partial charge in [-0.25, -0.2) is 9.59 Å². The van der Waals surface area contributed by atoms with E-state index in [0.29, 0.717) is 16.1 Å². The second-order valence-electron chi connectivity index (χ2n) is 4.64. The number of H-pyrrole nitrogens is 1. The van der Waals surface area contributed by atoms with Gasteiger partial charge in [0.15, 0.2) is 0 Å². The van der Waals surface area contributed by atoms with E-state index in [1.54, 1.807) is 12.1 Å². The van der Waals surface area contributed by atoms with Crippen molar-refractivity contribution in [2.45, 2.75) is 6.54 Å². The SMILES string of the molecule is O=C(O)c1ccc2[nH]c(=O)n(Cc3ccccc3Cl)c2c1. The van der Waals surface area contributed by atoms with Crippen molar-refractivity contribution in [3.63, 3.8) is 0 Å². The minimum Gasteiger partial charge on any atom is -0.478 e. The lowest BCUT2D eigenvalue weighted by molar-refractivity contribution is 0.0697. The zero-order valence-corrected chi connectivity index (χ0v) is 11.6. The Balaban J connectivity index is 2.15. The van der Waals surface area contributed by atoms with Crippen LogP contribution in [0.4, 0.5) is 0 Å². The quantitative estimate of drug-likeness (QED) is 0.781. The number of carboxylic acid groups (broad SMARTS) is 1. The van der Waals surface area contributed by atoms with Gasteiger partial charge in [0, 0.05) is 5.02 Å². The van der Waals surface area contributed by atoms with Gasteiger partial charge >= 0.3 is 11.7 Å². The van der Waals surface area contributed by atoms with Crippen LogP contribution in [0.1, 0.15) is 15.9 Å². The summed E-state index contributed by atoms with van der Waals surface area (Å²) in [5, 5.41) is 9.62. The van der Waals surface area contributed by atoms with E-state index in [-0.39, 0.29) is 17.8 Å². The van der Waals surface area contributed by atoms with Gasteiger partial charge in [-0.15, -0.1) is 0 Å². The number of rotatable bonds is 3. The number of aromatic nitrogens is 2. The first-order valence-corrected chi connectivity index (χ1v) is 6.63. The molecule has 1 heterocycles. The number of imidazole rings is 1. The molecule has 1 aromatic heterocycles. The van der Waals surface area contributed by atoms with Crippen LogP contribution < -0.4 is 5.69 Å². The standard InChI is InChI=1S/C15H11ClN2O3/c16-11-4-2-1-3-10(11)8-18-13-7-9(14(19)20)5-6-12(13)17-15(18)21/h1-7H,8H2,(H,17,21)(H,19,20). The van der Waals surface area contributed by atoms with Crippen LogP contribution in [0.15, 0.2) is 47.3 Å². The topological polar surface area (TPSA) is 75.1 Å². The van der Waals surface area contributed by atoms with E-state index >= 15 is 0 Å². The van der Waals surface area contributed by atoms with E-state index in [4.69, 9.17) is 16.7 Å². The number of carbonyl (C=O) groups is 1. The number of benzene rings is 2. The highest BCUT2D eigenvalue weighted by Crippen LogP contribution is 2.19. The number of carboxylic acids is 1. The average molecular weight is 303 g/mol. The maximum absolute atomic E-state index is 12.1. The summed E-state index contributed by atoms with van der Waals surface area (Å²) < 4.78 is 1.48. The molecule has 0 radical (unpaired) electrons. The minimum atomic E-state index is -1.03. The highest BCUT2D eigenvalue weighted by atomic mass is 35.5. The van der Waals surface area contributed by atoms with Crippen molar-refractivity contribution < 1.29 is 9.90 Å². The molecule has 5 nitrogen and oxygen atoms in total. The third-order valence-electron chi connectivity index (χ3n) is 3.31. The van der Waals surface area contributed by atoms with E-state index in [0.717, 1.165) is 5.56 Å². The van der Waals surface area contributed by atoms with Gasteiger partial charge in [-0.1, -0.05) is 29.8 Å². The molecule has 0 aliphatic rings. The summed E-state index contributed by atoms with van der Waals surface area (Å²) >= 11 is 6.11. The number of aromatic carboxylic acids is 1. The van der Waals surface area contributed by atoms with Crippen LogP contribution in [0.3, 0.4) is 0 Å². The third kappa shape index (κ3) is 2.43. The van der Waals surface area contributed by atoms with E-state index in [9.17, 15) is 9.59 Å². The van der Waals surface area contributed by atoms with Crippen LogP contribution in [0.5, 0.6) is 0 Å². The van der Waals surface area contributed by atoms with Crippen LogP contribution in [-0.2, 0) is 6.54 Å². The molecule has 0 aliphatic carbocycles. The van der Waals surface area contributed by atoms with E-state index in [2.05, 4.69) is 4.98 Å². The van der Waals surface area contributed by atoms with Gasteiger partial charge < -0.3 is 10.1 Å². The molecular weight excluding hydrogens is 292 g/mol. The largest absolute Gasteiger partial charge is 0.478 e. The fourth-order valence-corrected chi connectivity index (χ4v) is 2.44. The molecule has 21 heavy (non-hydrogen) atoms. The van der Waals surface area contributed by atoms with Crippen molar-refractivity contribution >= 4 is 28.6 Å². The molecule has 0 saturated heterocycles. The molecule has 3 aromatic rings. The van der Waals surface area contributed by atoms with Crippen molar-refractivity contribution in [3.05, 3.63) is 69.1 Å². The molecule has 0 atom stereocenters. The zero-order chi connectivity index (χ0) is 15.0. The Morgan fingerprint density at radius 1 is 1.24 bits per heavy atom. The maximum atomic E-state index is 12.1. The molecule has 6 heteroatoms. The smallest absolute Gasteiger partial charge is 0.335 e. The second-order valence-corrected chi connectivity index (χ2v) is 5.05. The number of halogens is 1. The van der Waals surface area contributed by atoms with Crippen molar-refractivity contribution in [3.8, 4) is 0 Å². The Morgan fingerprint density at radius 2 is 2.00 bits per heavy atom. The number of aromatic amines is 1. The number of hydrogen-bond donors (Lipinski definition) is 2. The summed E-state index contributed by atoms with van der Waals surface area (Å²) in [5.41, 5.74) is 1.77. The number of hydrogen-bond acceptors (Lipinski definition) is 2. The molecule has 0 spiro atoms. The summed E-state index contributed by atoms with van der Waals surface area (Å²) in [6, 6.07) is 11.8. The molecule has 3 rings (SSSR count). The first-order chi connectivity index (χ1) is 10.1. The van der Waals surface area contributed by atoms with Gasteiger partial charge in [0.2, 0.25) is 0 Å². The van der Waals surface area contributed by atoms with E-state index in [1.165, 1.54) is 16.7 Å². The van der Waals surface area contributed by atoms with Crippen molar-refractivity contribution in [2.75, 3.05) is 0 Å². The molecule has 2 N–H and O–H groups in total. The third-order valence-corrected chi connectivity index (χ3v) is 3.68. The molecule has 0 fully saturated rings. The Hall–Kier alpha value is -2.53. The maximum Gasteiger partial charge on any atom is 0.335 e. The normalized spacial score (nSPS) is 10.9. The number of fused-ring (bicyclic) bond motifs is 1. The predicted molar refractivity (Wildman–Crippen MR) is 80.1 cm³/mol. The Kier molecular flexibility index (Phi) is 3.27. The molecule has 0 saturated carbocycles. The molecule has 0 aliphatic heterocycles. The lowest BCUT2D eigenvalue weighted by Gasteiger charge is -2.06. The number of nitrogens with zero attached hydrogens (tertiary/aromatic N) is 1. The van der Waals surface area contributed by atoms with Crippen molar-refractivity contribution in [1.82, 2.24) is 9.55 Å². The highest BCUT2D eigenvalue weighted by Gasteiger charge is 2.11. The Labute approximate surface area is 124 Å². The molecular formula is C15H11ClN2O3. The monoisotopic (exact) mass is 302 g/mol. The van der Waals surface area contributed by atoms with Gasteiger partial charge in [-0.3, -0.25) is 4.57 Å². The summed E-state index contributed by atoms with van der Waals surface area (Å²) in [5.74, 6) is -1.03. The summed E-state index contributed by atoms with van der Waals surface area (Å²) in [6.45, 7) is 0.279. The van der Waals surface area contributed by atoms with Gasteiger partial charge in [0.05, 0.1) is 23.1 Å². The second kappa shape index (κ2) is 5.10. The number of nitrogens with one attached hydrogen (secondary N) is 1. The average Bonchev–Trinajstić information content (AvgIpc) is 2.76. The van der Waals surface area contributed by atoms with Crippen LogP contribution in [0, 0.1) is 0 Å². The van der Waals surface area contributed by atoms with E-state index in [1.807, 2.05) is 18.2 Å². The van der Waals surface area contributed by atoms with Crippen LogP contribution >= 0.6 is 11.6 Å². The molecule has 0 amide bonds. The van der Waals surface area contributed by atoms with Crippen LogP contribution in [0.25, 0.3) is 11.0 Å². The lowest BCUT2D eigenvalue weighted by atomic mass is 10.2. The summed E-state index contributed by atoms with van der Waals surface area (Å²) in [4.78, 5) is 25.8. The Bertz CT molecular complexity index is 895. The zero-order valence-electron chi connectivity index (χ0n) is 10.8. The fraction of sp³-hybridized carbons (Fsp3) is 0.0667. The molecule has 106 valence electrons. The highest BCUT2D eigenvalue weighted by molar-refractivity contribution is 6.31. The van der Waals surface area contributed by atoms with Crippen molar-refractivity contribution in [2.24, 2.45) is 0 Å².